The maximum Gasteiger partial charge on any atom is 0.308 e. The van der Waals surface area contributed by atoms with Crippen LogP contribution in [0.1, 0.15) is 290 Å². The van der Waals surface area contributed by atoms with Crippen LogP contribution in [0, 0.1) is 23.7 Å². The van der Waals surface area contributed by atoms with Gasteiger partial charge in [0, 0.05) is 37.7 Å². The molecule has 8 nitrogen and oxygen atoms in total. The first kappa shape index (κ1) is 59.8. The third-order valence-electron chi connectivity index (χ3n) is 16.5. The standard InChI is InChI=1S/C61H110N2O6/c1-3-5-7-9-11-13-15-17-19-21-23-26-46-66-58-42-38-56(39-43-58)62-50-52-30-34-54(35-31-52)60(64)68-48-28-25-29-49-69-61(65)55-36-32-53(33-37-55)51-63-57-40-44-59(45-41-57)67-47-27-24-22-20-18-16-14-12-10-8-6-4-2/h50-59H,3-49H2,1-2H3. The molecule has 0 N–H and O–H groups in total. The molecule has 4 saturated carbocycles. The zero-order valence-electron chi connectivity index (χ0n) is 45.4. The van der Waals surface area contributed by atoms with Gasteiger partial charge in [-0.2, -0.15) is 0 Å². The van der Waals surface area contributed by atoms with Crippen LogP contribution >= 0.6 is 0 Å². The Morgan fingerprint density at radius 3 is 0.942 bits per heavy atom. The van der Waals surface area contributed by atoms with E-state index >= 15 is 0 Å². The van der Waals surface area contributed by atoms with E-state index in [0.717, 1.165) is 135 Å². The van der Waals surface area contributed by atoms with Gasteiger partial charge in [0.1, 0.15) is 0 Å². The second kappa shape index (κ2) is 40.7. The van der Waals surface area contributed by atoms with Gasteiger partial charge in [0.05, 0.1) is 37.3 Å². The molecule has 0 amide bonds. The van der Waals surface area contributed by atoms with Crippen LogP contribution in [0.15, 0.2) is 9.98 Å². The van der Waals surface area contributed by atoms with Gasteiger partial charge >= 0.3 is 11.9 Å². The number of hydrogen-bond acceptors (Lipinski definition) is 8. The van der Waals surface area contributed by atoms with E-state index in [-0.39, 0.29) is 23.8 Å². The van der Waals surface area contributed by atoms with Crippen molar-refractivity contribution in [3.8, 4) is 0 Å². The van der Waals surface area contributed by atoms with Crippen molar-refractivity contribution in [2.45, 2.75) is 314 Å². The lowest BCUT2D eigenvalue weighted by Gasteiger charge is -2.28. The Balaban J connectivity index is 0.883. The number of carbonyl (C=O) groups excluding carboxylic acids is 2. The van der Waals surface area contributed by atoms with E-state index < -0.39 is 0 Å². The third-order valence-corrected chi connectivity index (χ3v) is 16.5. The van der Waals surface area contributed by atoms with Gasteiger partial charge in [0.15, 0.2) is 0 Å². The molecule has 4 aliphatic rings. The van der Waals surface area contributed by atoms with Gasteiger partial charge in [-0.05, 0) is 147 Å². The quantitative estimate of drug-likeness (QED) is 0.0345. The maximum absolute atomic E-state index is 12.8. The largest absolute Gasteiger partial charge is 0.465 e. The molecular weight excluding hydrogens is 857 g/mol. The maximum atomic E-state index is 12.8. The fraction of sp³-hybridized carbons (Fsp3) is 0.934. The summed E-state index contributed by atoms with van der Waals surface area (Å²) in [5, 5.41) is 0. The Morgan fingerprint density at radius 1 is 0.348 bits per heavy atom. The number of carbonyl (C=O) groups is 2. The molecule has 0 spiro atoms. The van der Waals surface area contributed by atoms with E-state index in [9.17, 15) is 9.59 Å². The number of esters is 2. The van der Waals surface area contributed by atoms with E-state index in [4.69, 9.17) is 28.9 Å². The Bertz CT molecular complexity index is 1180. The molecule has 8 heteroatoms. The van der Waals surface area contributed by atoms with Crippen molar-refractivity contribution in [1.82, 2.24) is 0 Å². The number of unbranched alkanes of at least 4 members (excludes halogenated alkanes) is 24. The molecule has 0 radical (unpaired) electrons. The average Bonchev–Trinajstić information content (AvgIpc) is 3.38. The fourth-order valence-electron chi connectivity index (χ4n) is 11.6. The van der Waals surface area contributed by atoms with Crippen LogP contribution in [0.3, 0.4) is 0 Å². The minimum atomic E-state index is -0.0309. The zero-order chi connectivity index (χ0) is 48.7. The summed E-state index contributed by atoms with van der Waals surface area (Å²) in [5.41, 5.74) is 0. The first-order valence-electron chi connectivity index (χ1n) is 30.7. The second-order valence-electron chi connectivity index (χ2n) is 22.6. The van der Waals surface area contributed by atoms with Gasteiger partial charge < -0.3 is 18.9 Å². The summed E-state index contributed by atoms with van der Waals surface area (Å²) in [7, 11) is 0. The monoisotopic (exact) mass is 967 g/mol. The fourth-order valence-corrected chi connectivity index (χ4v) is 11.6. The summed E-state index contributed by atoms with van der Waals surface area (Å²) < 4.78 is 23.9. The summed E-state index contributed by atoms with van der Waals surface area (Å²) in [6.07, 6.45) is 57.8. The van der Waals surface area contributed by atoms with Gasteiger partial charge in [-0.15, -0.1) is 0 Å². The normalized spacial score (nSPS) is 25.7. The highest BCUT2D eigenvalue weighted by atomic mass is 16.5. The predicted molar refractivity (Wildman–Crippen MR) is 290 cm³/mol. The number of rotatable bonds is 40. The van der Waals surface area contributed by atoms with Crippen molar-refractivity contribution in [3.63, 3.8) is 0 Å². The highest BCUT2D eigenvalue weighted by molar-refractivity contribution is 5.73. The lowest BCUT2D eigenvalue weighted by atomic mass is 9.82. The lowest BCUT2D eigenvalue weighted by molar-refractivity contribution is -0.150. The van der Waals surface area contributed by atoms with Crippen molar-refractivity contribution < 1.29 is 28.5 Å². The highest BCUT2D eigenvalue weighted by Gasteiger charge is 2.29. The molecule has 0 aliphatic heterocycles. The summed E-state index contributed by atoms with van der Waals surface area (Å²) in [4.78, 5) is 35.7. The molecule has 4 fully saturated rings. The summed E-state index contributed by atoms with van der Waals surface area (Å²) in [6.45, 7) is 7.35. The smallest absolute Gasteiger partial charge is 0.308 e. The highest BCUT2D eigenvalue weighted by Crippen LogP contribution is 2.32. The Kier molecular flexibility index (Phi) is 35.2. The lowest BCUT2D eigenvalue weighted by Crippen LogP contribution is -2.26. The van der Waals surface area contributed by atoms with Crippen LogP contribution in [0.5, 0.6) is 0 Å². The summed E-state index contributed by atoms with van der Waals surface area (Å²) in [6, 6.07) is 0.876. The van der Waals surface area contributed by atoms with Crippen LogP contribution in [0.4, 0.5) is 0 Å². The van der Waals surface area contributed by atoms with Crippen LogP contribution in [0.25, 0.3) is 0 Å². The number of ether oxygens (including phenoxy) is 4. The number of aliphatic imine (C=N–C) groups is 2. The molecular formula is C61H110N2O6. The van der Waals surface area contributed by atoms with Crippen molar-refractivity contribution in [3.05, 3.63) is 0 Å². The molecule has 0 aromatic rings. The molecule has 0 aromatic carbocycles. The van der Waals surface area contributed by atoms with E-state index in [2.05, 4.69) is 26.3 Å². The topological polar surface area (TPSA) is 95.8 Å². The molecule has 0 aromatic heterocycles. The van der Waals surface area contributed by atoms with E-state index in [1.807, 2.05) is 0 Å². The second-order valence-corrected chi connectivity index (χ2v) is 22.6. The third kappa shape index (κ3) is 29.5. The number of hydrogen-bond donors (Lipinski definition) is 0. The molecule has 0 unspecified atom stereocenters. The zero-order valence-corrected chi connectivity index (χ0v) is 45.4. The van der Waals surface area contributed by atoms with Crippen molar-refractivity contribution >= 4 is 24.4 Å². The molecule has 0 bridgehead atoms. The van der Waals surface area contributed by atoms with Crippen LogP contribution in [-0.4, -0.2) is 75.1 Å². The van der Waals surface area contributed by atoms with E-state index in [0.29, 0.717) is 49.3 Å². The summed E-state index contributed by atoms with van der Waals surface area (Å²) >= 11 is 0. The molecule has 4 aliphatic carbocycles. The average molecular weight is 968 g/mol. The molecule has 0 atom stereocenters. The van der Waals surface area contributed by atoms with Crippen molar-refractivity contribution in [2.24, 2.45) is 33.7 Å². The van der Waals surface area contributed by atoms with E-state index in [1.165, 1.54) is 154 Å². The molecule has 0 saturated heterocycles. The predicted octanol–water partition coefficient (Wildman–Crippen LogP) is 17.1. The summed E-state index contributed by atoms with van der Waals surface area (Å²) in [5.74, 6) is 0.953. The number of nitrogens with zero attached hydrogens (tertiary/aromatic N) is 2. The van der Waals surface area contributed by atoms with Gasteiger partial charge in [0.2, 0.25) is 0 Å². The van der Waals surface area contributed by atoms with Crippen molar-refractivity contribution in [1.29, 1.82) is 0 Å². The van der Waals surface area contributed by atoms with Crippen LogP contribution in [-0.2, 0) is 28.5 Å². The van der Waals surface area contributed by atoms with Gasteiger partial charge in [-0.3, -0.25) is 19.6 Å². The van der Waals surface area contributed by atoms with Crippen LogP contribution in [0.2, 0.25) is 0 Å². The SMILES string of the molecule is CCCCCCCCCCCCCCOC1CCC(N=CC2CCC(C(=O)OCCCCCOC(=O)C3CCC(C=NC4CCC(OCCCCCCCCCCCCCC)CC4)CC3)CC2)CC1. The van der Waals surface area contributed by atoms with Crippen molar-refractivity contribution in [2.75, 3.05) is 26.4 Å². The minimum absolute atomic E-state index is 0.0216. The van der Waals surface area contributed by atoms with Gasteiger partial charge in [-0.25, -0.2) is 0 Å². The first-order valence-corrected chi connectivity index (χ1v) is 30.7. The molecule has 0 heterocycles. The van der Waals surface area contributed by atoms with Gasteiger partial charge in [-0.1, -0.05) is 155 Å². The Hall–Kier alpha value is -1.80. The molecule has 4 rings (SSSR count). The van der Waals surface area contributed by atoms with Crippen LogP contribution < -0.4 is 0 Å². The molecule has 400 valence electrons. The Morgan fingerprint density at radius 2 is 0.623 bits per heavy atom. The van der Waals surface area contributed by atoms with Gasteiger partial charge in [0.25, 0.3) is 0 Å². The van der Waals surface area contributed by atoms with E-state index in [1.54, 1.807) is 0 Å². The first-order chi connectivity index (χ1) is 34.0. The Labute approximate surface area is 425 Å². The minimum Gasteiger partial charge on any atom is -0.465 e. The molecule has 69 heavy (non-hydrogen) atoms.